The van der Waals surface area contributed by atoms with Gasteiger partial charge in [-0.3, -0.25) is 9.56 Å². The summed E-state index contributed by atoms with van der Waals surface area (Å²) in [5.74, 6) is -0.496. The van der Waals surface area contributed by atoms with Crippen molar-refractivity contribution in [2.45, 2.75) is 13.0 Å². The molecule has 0 saturated heterocycles. The van der Waals surface area contributed by atoms with Crippen LogP contribution in [0.15, 0.2) is 29.3 Å². The summed E-state index contributed by atoms with van der Waals surface area (Å²) >= 11 is 6.51. The summed E-state index contributed by atoms with van der Waals surface area (Å²) in [4.78, 5) is 16.6. The lowest BCUT2D eigenvalue weighted by Gasteiger charge is -2.11. The van der Waals surface area contributed by atoms with Gasteiger partial charge in [-0.1, -0.05) is 18.2 Å². The zero-order chi connectivity index (χ0) is 16.6. The highest BCUT2D eigenvalue weighted by Gasteiger charge is 2.22. The standard InChI is InChI=1S/C16H14N2O3S2/c1-9(15(20)21-2)18-14(19)13(23-16(18)22)7-10-8-17-12-6-4-3-5-11(10)12/h3-9,19H,1-2H3/t9-/m0/s1. The number of aliphatic imine (C=N–C) groups is 1. The van der Waals surface area contributed by atoms with Gasteiger partial charge in [-0.05, 0) is 31.3 Å². The van der Waals surface area contributed by atoms with Crippen LogP contribution < -0.4 is 0 Å². The van der Waals surface area contributed by atoms with Crippen molar-refractivity contribution in [1.82, 2.24) is 4.57 Å². The zero-order valence-corrected chi connectivity index (χ0v) is 14.1. The molecular weight excluding hydrogens is 332 g/mol. The number of carbonyl (C=O) groups is 1. The van der Waals surface area contributed by atoms with Crippen molar-refractivity contribution >= 4 is 53.1 Å². The third-order valence-electron chi connectivity index (χ3n) is 3.62. The molecule has 1 aliphatic rings. The van der Waals surface area contributed by atoms with Gasteiger partial charge < -0.3 is 9.84 Å². The molecule has 7 heteroatoms. The maximum Gasteiger partial charge on any atom is 0.328 e. The molecule has 0 aliphatic carbocycles. The highest BCUT2D eigenvalue weighted by atomic mass is 32.1. The Morgan fingerprint density at radius 2 is 2.22 bits per heavy atom. The van der Waals surface area contributed by atoms with E-state index >= 15 is 0 Å². The van der Waals surface area contributed by atoms with Crippen LogP contribution in [0, 0.1) is 3.95 Å². The molecular formula is C16H14N2O3S2. The molecule has 3 rings (SSSR count). The van der Waals surface area contributed by atoms with Gasteiger partial charge in [0.2, 0.25) is 5.88 Å². The number of benzene rings is 1. The Kier molecular flexibility index (Phi) is 4.14. The van der Waals surface area contributed by atoms with Gasteiger partial charge in [0, 0.05) is 17.4 Å². The molecule has 0 amide bonds. The molecule has 0 bridgehead atoms. The predicted octanol–water partition coefficient (Wildman–Crippen LogP) is 3.98. The first-order chi connectivity index (χ1) is 11.0. The van der Waals surface area contributed by atoms with E-state index in [4.69, 9.17) is 17.0 Å². The minimum absolute atomic E-state index is 0.0387. The fourth-order valence-corrected chi connectivity index (χ4v) is 3.82. The van der Waals surface area contributed by atoms with Crippen molar-refractivity contribution in [3.8, 4) is 5.88 Å². The molecule has 23 heavy (non-hydrogen) atoms. The van der Waals surface area contributed by atoms with Crippen LogP contribution in [0.25, 0.3) is 11.6 Å². The minimum atomic E-state index is -0.680. The lowest BCUT2D eigenvalue weighted by atomic mass is 10.1. The molecule has 1 atom stereocenters. The van der Waals surface area contributed by atoms with E-state index in [-0.39, 0.29) is 5.88 Å². The third-order valence-corrected chi connectivity index (χ3v) is 4.95. The number of rotatable bonds is 3. The molecule has 1 N–H and O–H groups in total. The Balaban J connectivity index is 2.04. The average Bonchev–Trinajstić information content (AvgIpc) is 3.08. The number of hydrogen-bond donors (Lipinski definition) is 1. The molecule has 0 saturated carbocycles. The van der Waals surface area contributed by atoms with Crippen molar-refractivity contribution in [1.29, 1.82) is 0 Å². The molecule has 0 spiro atoms. The summed E-state index contributed by atoms with van der Waals surface area (Å²) < 4.78 is 6.53. The zero-order valence-electron chi connectivity index (χ0n) is 12.5. The number of allylic oxidation sites excluding steroid dienone is 1. The van der Waals surface area contributed by atoms with Crippen molar-refractivity contribution in [3.05, 3.63) is 38.7 Å². The number of nitrogens with zero attached hydrogens (tertiary/aromatic N) is 2. The number of aromatic hydroxyl groups is 1. The van der Waals surface area contributed by atoms with Gasteiger partial charge >= 0.3 is 5.97 Å². The van der Waals surface area contributed by atoms with E-state index in [0.29, 0.717) is 8.83 Å². The first-order valence-corrected chi connectivity index (χ1v) is 8.12. The summed E-state index contributed by atoms with van der Waals surface area (Å²) in [6, 6.07) is 7.08. The Bertz CT molecular complexity index is 893. The van der Waals surface area contributed by atoms with E-state index in [9.17, 15) is 9.90 Å². The molecule has 5 nitrogen and oxygen atoms in total. The van der Waals surface area contributed by atoms with Gasteiger partial charge in [-0.2, -0.15) is 0 Å². The topological polar surface area (TPSA) is 63.8 Å². The second-order valence-corrected chi connectivity index (χ2v) is 6.68. The fourth-order valence-electron chi connectivity index (χ4n) is 2.40. The van der Waals surface area contributed by atoms with E-state index in [1.807, 2.05) is 30.3 Å². The number of ether oxygens (including phenoxy) is 1. The van der Waals surface area contributed by atoms with Gasteiger partial charge in [-0.25, -0.2) is 4.79 Å². The summed E-state index contributed by atoms with van der Waals surface area (Å²) in [5, 5.41) is 10.4. The second kappa shape index (κ2) is 6.10. The number of carbonyl (C=O) groups excluding carboxylic acids is 1. The number of hydrogen-bond acceptors (Lipinski definition) is 6. The molecule has 1 aliphatic heterocycles. The quantitative estimate of drug-likeness (QED) is 0.674. The SMILES string of the molecule is COC(=O)[C@H](C)n1c(O)c(C=C2C=Nc3ccccc32)sc1=S. The van der Waals surface area contributed by atoms with Crippen molar-refractivity contribution in [2.75, 3.05) is 7.11 Å². The number of para-hydroxylation sites is 1. The average molecular weight is 346 g/mol. The van der Waals surface area contributed by atoms with Crippen LogP contribution in [0.2, 0.25) is 0 Å². The monoisotopic (exact) mass is 346 g/mol. The second-order valence-electron chi connectivity index (χ2n) is 5.00. The molecule has 2 aromatic rings. The Morgan fingerprint density at radius 3 is 2.96 bits per heavy atom. The van der Waals surface area contributed by atoms with Crippen LogP contribution in [0.3, 0.4) is 0 Å². The molecule has 118 valence electrons. The largest absolute Gasteiger partial charge is 0.493 e. The maximum atomic E-state index is 11.7. The molecule has 0 fully saturated rings. The number of esters is 1. The van der Waals surface area contributed by atoms with Crippen LogP contribution >= 0.6 is 23.6 Å². The van der Waals surface area contributed by atoms with Crippen LogP contribution in [0.1, 0.15) is 23.4 Å². The predicted molar refractivity (Wildman–Crippen MR) is 94.0 cm³/mol. The van der Waals surface area contributed by atoms with E-state index in [2.05, 4.69) is 4.99 Å². The first-order valence-electron chi connectivity index (χ1n) is 6.90. The van der Waals surface area contributed by atoms with E-state index in [0.717, 1.165) is 16.8 Å². The molecule has 1 aromatic carbocycles. The Labute approximate surface area is 142 Å². The van der Waals surface area contributed by atoms with Gasteiger partial charge in [-0.15, -0.1) is 11.3 Å². The lowest BCUT2D eigenvalue weighted by Crippen LogP contribution is -2.17. The Hall–Kier alpha value is -2.25. The van der Waals surface area contributed by atoms with Crippen LogP contribution in [-0.4, -0.2) is 29.0 Å². The summed E-state index contributed by atoms with van der Waals surface area (Å²) in [6.07, 6.45) is 3.58. The molecule has 2 heterocycles. The van der Waals surface area contributed by atoms with E-state index in [1.165, 1.54) is 23.0 Å². The maximum absolute atomic E-state index is 11.7. The third kappa shape index (κ3) is 2.73. The highest BCUT2D eigenvalue weighted by Crippen LogP contribution is 2.36. The highest BCUT2D eigenvalue weighted by molar-refractivity contribution is 7.73. The molecule has 0 radical (unpaired) electrons. The van der Waals surface area contributed by atoms with Crippen LogP contribution in [-0.2, 0) is 9.53 Å². The van der Waals surface area contributed by atoms with E-state index in [1.54, 1.807) is 13.1 Å². The van der Waals surface area contributed by atoms with E-state index < -0.39 is 12.0 Å². The van der Waals surface area contributed by atoms with Gasteiger partial charge in [0.05, 0.1) is 17.7 Å². The van der Waals surface area contributed by atoms with Gasteiger partial charge in [0.25, 0.3) is 0 Å². The van der Waals surface area contributed by atoms with Gasteiger partial charge in [0.1, 0.15) is 6.04 Å². The van der Waals surface area contributed by atoms with Crippen molar-refractivity contribution < 1.29 is 14.6 Å². The number of thiazole rings is 1. The smallest absolute Gasteiger partial charge is 0.328 e. The van der Waals surface area contributed by atoms with Crippen LogP contribution in [0.4, 0.5) is 5.69 Å². The Morgan fingerprint density at radius 1 is 1.48 bits per heavy atom. The summed E-state index contributed by atoms with van der Waals surface area (Å²) in [6.45, 7) is 1.64. The van der Waals surface area contributed by atoms with Crippen LogP contribution in [0.5, 0.6) is 5.88 Å². The molecule has 0 unspecified atom stereocenters. The number of fused-ring (bicyclic) bond motifs is 1. The molecule has 1 aromatic heterocycles. The fraction of sp³-hybridized carbons (Fsp3) is 0.188. The minimum Gasteiger partial charge on any atom is -0.493 e. The van der Waals surface area contributed by atoms with Crippen molar-refractivity contribution in [2.24, 2.45) is 4.99 Å². The normalized spacial score (nSPS) is 15.7. The van der Waals surface area contributed by atoms with Gasteiger partial charge in [0.15, 0.2) is 3.95 Å². The van der Waals surface area contributed by atoms with Crippen molar-refractivity contribution in [3.63, 3.8) is 0 Å². The number of methoxy groups -OCH3 is 1. The lowest BCUT2D eigenvalue weighted by molar-refractivity contribution is -0.144. The number of aromatic nitrogens is 1. The first kappa shape index (κ1) is 15.6. The summed E-state index contributed by atoms with van der Waals surface area (Å²) in [5.41, 5.74) is 2.79. The summed E-state index contributed by atoms with van der Waals surface area (Å²) in [7, 11) is 1.31.